The summed E-state index contributed by atoms with van der Waals surface area (Å²) in [5.74, 6) is -1.29. The molecule has 0 aliphatic rings. The van der Waals surface area contributed by atoms with Crippen molar-refractivity contribution in [2.45, 2.75) is 18.6 Å². The number of carbonyl (C=O) groups is 1. The van der Waals surface area contributed by atoms with Crippen LogP contribution in [-0.2, 0) is 10.4 Å². The molecule has 72 valence electrons. The van der Waals surface area contributed by atoms with Gasteiger partial charge < -0.3 is 20.5 Å². The van der Waals surface area contributed by atoms with E-state index in [9.17, 15) is 9.90 Å². The third-order valence-corrected chi connectivity index (χ3v) is 1.89. The number of rotatable bonds is 3. The lowest BCUT2D eigenvalue weighted by Crippen LogP contribution is -2.48. The summed E-state index contributed by atoms with van der Waals surface area (Å²) in [6.07, 6.45) is 2.38. The van der Waals surface area contributed by atoms with Crippen LogP contribution in [0.15, 0.2) is 17.0 Å². The maximum absolute atomic E-state index is 10.5. The molecule has 1 heterocycles. The third kappa shape index (κ3) is 1.68. The lowest BCUT2D eigenvalue weighted by molar-refractivity contribution is -0.145. The van der Waals surface area contributed by atoms with Gasteiger partial charge in [-0.15, -0.1) is 0 Å². The van der Waals surface area contributed by atoms with E-state index in [-0.39, 0.29) is 5.56 Å². The highest BCUT2D eigenvalue weighted by Crippen LogP contribution is 2.22. The number of nitrogens with two attached hydrogens (primary N) is 1. The normalized spacial score (nSPS) is 17.8. The zero-order valence-electron chi connectivity index (χ0n) is 6.97. The zero-order valence-corrected chi connectivity index (χ0v) is 6.97. The largest absolute Gasteiger partial charge is 0.480 e. The molecule has 0 fully saturated rings. The molecule has 0 saturated heterocycles. The van der Waals surface area contributed by atoms with Crippen LogP contribution in [0.1, 0.15) is 12.5 Å². The van der Waals surface area contributed by atoms with Gasteiger partial charge in [-0.05, 0) is 6.92 Å². The predicted molar refractivity (Wildman–Crippen MR) is 41.7 cm³/mol. The molecule has 1 aromatic heterocycles. The van der Waals surface area contributed by atoms with Crippen LogP contribution < -0.4 is 5.73 Å². The Hall–Kier alpha value is -1.40. The molecule has 6 heteroatoms. The van der Waals surface area contributed by atoms with Gasteiger partial charge in [0.2, 0.25) is 0 Å². The van der Waals surface area contributed by atoms with Crippen molar-refractivity contribution < 1.29 is 19.5 Å². The summed E-state index contributed by atoms with van der Waals surface area (Å²) in [5, 5.41) is 21.6. The number of aliphatic hydroxyl groups is 1. The van der Waals surface area contributed by atoms with Crippen LogP contribution in [0, 0.1) is 0 Å². The number of carboxylic acids is 1. The highest BCUT2D eigenvalue weighted by atomic mass is 16.5. The van der Waals surface area contributed by atoms with E-state index in [4.69, 9.17) is 10.8 Å². The molecule has 0 aliphatic heterocycles. The molecule has 1 rings (SSSR count). The maximum atomic E-state index is 10.5. The number of carboxylic acid groups (broad SMARTS) is 1. The second kappa shape index (κ2) is 3.15. The van der Waals surface area contributed by atoms with Gasteiger partial charge in [0.05, 0.1) is 6.20 Å². The van der Waals surface area contributed by atoms with E-state index in [1.165, 1.54) is 13.1 Å². The first-order valence-corrected chi connectivity index (χ1v) is 3.57. The number of nitrogens with zero attached hydrogens (tertiary/aromatic N) is 1. The topological polar surface area (TPSA) is 110 Å². The standard InChI is InChI=1S/C7H10N2O4/c1-7(12,5(8)6(10)11)4-2-9-13-3-4/h2-3,5,12H,8H2,1H3,(H,10,11). The number of hydrogen-bond acceptors (Lipinski definition) is 5. The summed E-state index contributed by atoms with van der Waals surface area (Å²) in [6.45, 7) is 1.29. The second-order valence-corrected chi connectivity index (χ2v) is 2.88. The average Bonchev–Trinajstić information content (AvgIpc) is 2.54. The van der Waals surface area contributed by atoms with Crippen molar-refractivity contribution in [2.24, 2.45) is 5.73 Å². The molecular weight excluding hydrogens is 176 g/mol. The lowest BCUT2D eigenvalue weighted by Gasteiger charge is -2.24. The van der Waals surface area contributed by atoms with Crippen molar-refractivity contribution >= 4 is 5.97 Å². The maximum Gasteiger partial charge on any atom is 0.323 e. The summed E-state index contributed by atoms with van der Waals surface area (Å²) in [4.78, 5) is 10.5. The Morgan fingerprint density at radius 3 is 2.85 bits per heavy atom. The van der Waals surface area contributed by atoms with Crippen LogP contribution in [0.2, 0.25) is 0 Å². The van der Waals surface area contributed by atoms with Gasteiger partial charge in [0.15, 0.2) is 0 Å². The predicted octanol–water partition coefficient (Wildman–Crippen LogP) is -0.706. The van der Waals surface area contributed by atoms with Gasteiger partial charge >= 0.3 is 5.97 Å². The minimum Gasteiger partial charge on any atom is -0.480 e. The quantitative estimate of drug-likeness (QED) is 0.575. The summed E-state index contributed by atoms with van der Waals surface area (Å²) in [6, 6.07) is -1.41. The molecule has 0 aliphatic carbocycles. The monoisotopic (exact) mass is 186 g/mol. The van der Waals surface area contributed by atoms with E-state index in [0.29, 0.717) is 0 Å². The van der Waals surface area contributed by atoms with Crippen molar-refractivity contribution in [2.75, 3.05) is 0 Å². The van der Waals surface area contributed by atoms with Gasteiger partial charge in [0.1, 0.15) is 17.9 Å². The first-order valence-electron chi connectivity index (χ1n) is 3.57. The fourth-order valence-corrected chi connectivity index (χ4v) is 0.875. The van der Waals surface area contributed by atoms with Crippen LogP contribution in [0.5, 0.6) is 0 Å². The summed E-state index contributed by atoms with van der Waals surface area (Å²) in [7, 11) is 0. The lowest BCUT2D eigenvalue weighted by atomic mass is 9.91. The van der Waals surface area contributed by atoms with Crippen LogP contribution in [0.25, 0.3) is 0 Å². The van der Waals surface area contributed by atoms with E-state index in [1.54, 1.807) is 0 Å². The molecule has 1 aromatic rings. The first kappa shape index (κ1) is 9.69. The molecule has 0 amide bonds. The van der Waals surface area contributed by atoms with E-state index in [1.807, 2.05) is 0 Å². The minimum atomic E-state index is -1.67. The van der Waals surface area contributed by atoms with Crippen molar-refractivity contribution in [1.29, 1.82) is 0 Å². The molecule has 4 N–H and O–H groups in total. The molecule has 6 nitrogen and oxygen atoms in total. The van der Waals surface area contributed by atoms with Crippen molar-refractivity contribution in [1.82, 2.24) is 5.16 Å². The molecule has 0 spiro atoms. The molecule has 0 saturated carbocycles. The van der Waals surface area contributed by atoms with Gasteiger partial charge in [-0.25, -0.2) is 0 Å². The van der Waals surface area contributed by atoms with Crippen molar-refractivity contribution in [3.05, 3.63) is 18.0 Å². The van der Waals surface area contributed by atoms with E-state index >= 15 is 0 Å². The zero-order chi connectivity index (χ0) is 10.1. The molecule has 2 atom stereocenters. The average molecular weight is 186 g/mol. The molecule has 13 heavy (non-hydrogen) atoms. The Labute approximate surface area is 73.9 Å². The SMILES string of the molecule is CC(O)(c1cnoc1)C(N)C(=O)O. The third-order valence-electron chi connectivity index (χ3n) is 1.89. The van der Waals surface area contributed by atoms with Crippen LogP contribution >= 0.6 is 0 Å². The van der Waals surface area contributed by atoms with Gasteiger partial charge in [-0.1, -0.05) is 5.16 Å². The summed E-state index contributed by atoms with van der Waals surface area (Å²) >= 11 is 0. The van der Waals surface area contributed by atoms with Gasteiger partial charge in [0, 0.05) is 5.56 Å². The van der Waals surface area contributed by atoms with E-state index < -0.39 is 17.6 Å². The fraction of sp³-hybridized carbons (Fsp3) is 0.429. The van der Waals surface area contributed by atoms with Crippen molar-refractivity contribution in [3.8, 4) is 0 Å². The van der Waals surface area contributed by atoms with Crippen LogP contribution in [-0.4, -0.2) is 27.4 Å². The van der Waals surface area contributed by atoms with Crippen molar-refractivity contribution in [3.63, 3.8) is 0 Å². The number of aromatic nitrogens is 1. The Morgan fingerprint density at radius 2 is 2.46 bits per heavy atom. The minimum absolute atomic E-state index is 0.238. The summed E-state index contributed by atoms with van der Waals surface area (Å²) in [5.41, 5.74) is 3.83. The Balaban J connectivity index is 2.95. The van der Waals surface area contributed by atoms with E-state index in [2.05, 4.69) is 9.68 Å². The van der Waals surface area contributed by atoms with Crippen LogP contribution in [0.4, 0.5) is 0 Å². The number of hydrogen-bond donors (Lipinski definition) is 3. The highest BCUT2D eigenvalue weighted by Gasteiger charge is 2.37. The molecule has 2 unspecified atom stereocenters. The smallest absolute Gasteiger partial charge is 0.323 e. The fourth-order valence-electron chi connectivity index (χ4n) is 0.875. The molecular formula is C7H10N2O4. The molecule has 0 radical (unpaired) electrons. The van der Waals surface area contributed by atoms with Gasteiger partial charge in [0.25, 0.3) is 0 Å². The van der Waals surface area contributed by atoms with Gasteiger partial charge in [-0.2, -0.15) is 0 Å². The summed E-state index contributed by atoms with van der Waals surface area (Å²) < 4.78 is 4.47. The molecule has 0 aromatic carbocycles. The Morgan fingerprint density at radius 1 is 1.85 bits per heavy atom. The highest BCUT2D eigenvalue weighted by molar-refractivity contribution is 5.75. The first-order chi connectivity index (χ1) is 5.96. The number of aliphatic carboxylic acids is 1. The van der Waals surface area contributed by atoms with Gasteiger partial charge in [-0.3, -0.25) is 4.79 Å². The second-order valence-electron chi connectivity index (χ2n) is 2.88. The van der Waals surface area contributed by atoms with Crippen LogP contribution in [0.3, 0.4) is 0 Å². The Kier molecular flexibility index (Phi) is 2.35. The Bertz CT molecular complexity index is 293. The van der Waals surface area contributed by atoms with E-state index in [0.717, 1.165) is 6.26 Å². The molecule has 0 bridgehead atoms.